The molecule has 2 rings (SSSR count). The number of halogens is 1. The molecule has 0 N–H and O–H groups in total. The lowest BCUT2D eigenvalue weighted by molar-refractivity contribution is -0.130. The number of amides is 1. The van der Waals surface area contributed by atoms with Gasteiger partial charge in [0.05, 0.1) is 5.75 Å². The Morgan fingerprint density at radius 3 is 2.62 bits per heavy atom. The summed E-state index contributed by atoms with van der Waals surface area (Å²) in [5, 5.41) is 0.968. The molecule has 8 heteroatoms. The molecule has 1 aliphatic heterocycles. The molecule has 1 aromatic heterocycles. The van der Waals surface area contributed by atoms with E-state index in [-0.39, 0.29) is 5.91 Å². The first-order valence-corrected chi connectivity index (χ1v) is 9.78. The molecule has 1 fully saturated rings. The van der Waals surface area contributed by atoms with E-state index in [0.29, 0.717) is 16.1 Å². The van der Waals surface area contributed by atoms with Crippen LogP contribution in [0.15, 0.2) is 11.2 Å². The predicted molar refractivity (Wildman–Crippen MR) is 100 cm³/mol. The van der Waals surface area contributed by atoms with E-state index in [2.05, 4.69) is 28.7 Å². The second-order valence-corrected chi connectivity index (χ2v) is 7.19. The third-order valence-corrected chi connectivity index (χ3v) is 5.13. The van der Waals surface area contributed by atoms with Gasteiger partial charge < -0.3 is 14.7 Å². The quantitative estimate of drug-likeness (QED) is 0.416. The summed E-state index contributed by atoms with van der Waals surface area (Å²) in [4.78, 5) is 27.4. The van der Waals surface area contributed by atoms with Crippen molar-refractivity contribution in [3.05, 3.63) is 11.2 Å². The zero-order valence-electron chi connectivity index (χ0n) is 14.7. The van der Waals surface area contributed by atoms with Crippen molar-refractivity contribution in [3.8, 4) is 0 Å². The lowest BCUT2D eigenvalue weighted by Gasteiger charge is -2.34. The van der Waals surface area contributed by atoms with Crippen LogP contribution in [0.5, 0.6) is 0 Å². The average molecular weight is 372 g/mol. The Bertz CT molecular complexity index is 551. The number of hydrogen-bond acceptors (Lipinski definition) is 6. The van der Waals surface area contributed by atoms with E-state index in [1.165, 1.54) is 11.8 Å². The second-order valence-electron chi connectivity index (χ2n) is 5.86. The van der Waals surface area contributed by atoms with Crippen LogP contribution in [0.2, 0.25) is 5.15 Å². The maximum Gasteiger partial charge on any atom is 0.233 e. The third kappa shape index (κ3) is 5.50. The minimum atomic E-state index is 0.141. The molecule has 0 aromatic carbocycles. The number of thioether (sulfide) groups is 1. The van der Waals surface area contributed by atoms with Crippen LogP contribution in [0, 0.1) is 0 Å². The van der Waals surface area contributed by atoms with E-state index in [0.717, 1.165) is 51.5 Å². The summed E-state index contributed by atoms with van der Waals surface area (Å²) in [6.45, 7) is 9.71. The summed E-state index contributed by atoms with van der Waals surface area (Å²) in [6.07, 6.45) is 1.03. The molecule has 2 heterocycles. The molecule has 0 radical (unpaired) electrons. The SMILES string of the molecule is CCCN(C)c1cc(Cl)nc(SCC(=O)N2CCN(CC)CC2)n1. The van der Waals surface area contributed by atoms with Crippen molar-refractivity contribution in [1.29, 1.82) is 0 Å². The lowest BCUT2D eigenvalue weighted by Crippen LogP contribution is -2.49. The van der Waals surface area contributed by atoms with Gasteiger partial charge in [-0.15, -0.1) is 0 Å². The summed E-state index contributed by atoms with van der Waals surface area (Å²) < 4.78 is 0. The van der Waals surface area contributed by atoms with E-state index < -0.39 is 0 Å². The largest absolute Gasteiger partial charge is 0.360 e. The zero-order chi connectivity index (χ0) is 17.5. The Labute approximate surface area is 153 Å². The highest BCUT2D eigenvalue weighted by atomic mass is 35.5. The van der Waals surface area contributed by atoms with Gasteiger partial charge in [-0.05, 0) is 13.0 Å². The van der Waals surface area contributed by atoms with Crippen molar-refractivity contribution < 1.29 is 4.79 Å². The van der Waals surface area contributed by atoms with Crippen LogP contribution in [-0.4, -0.2) is 77.7 Å². The Hall–Kier alpha value is -1.05. The number of piperazine rings is 1. The van der Waals surface area contributed by atoms with Crippen LogP contribution in [0.25, 0.3) is 0 Å². The molecule has 1 aliphatic rings. The average Bonchev–Trinajstić information content (AvgIpc) is 2.59. The summed E-state index contributed by atoms with van der Waals surface area (Å²) in [7, 11) is 1.98. The monoisotopic (exact) mass is 371 g/mol. The minimum absolute atomic E-state index is 0.141. The predicted octanol–water partition coefficient (Wildman–Crippen LogP) is 2.23. The molecule has 0 unspecified atom stereocenters. The topological polar surface area (TPSA) is 52.6 Å². The molecule has 134 valence electrons. The van der Waals surface area contributed by atoms with Crippen molar-refractivity contribution in [3.63, 3.8) is 0 Å². The van der Waals surface area contributed by atoms with Crippen molar-refractivity contribution in [2.45, 2.75) is 25.4 Å². The normalized spacial score (nSPS) is 15.6. The maximum absolute atomic E-state index is 12.4. The molecular weight excluding hydrogens is 346 g/mol. The Morgan fingerprint density at radius 1 is 1.29 bits per heavy atom. The van der Waals surface area contributed by atoms with Gasteiger partial charge in [0, 0.05) is 45.8 Å². The molecule has 1 aromatic rings. The van der Waals surface area contributed by atoms with Crippen LogP contribution < -0.4 is 4.90 Å². The van der Waals surface area contributed by atoms with Gasteiger partial charge in [0.2, 0.25) is 5.91 Å². The first kappa shape index (κ1) is 19.3. The van der Waals surface area contributed by atoms with Gasteiger partial charge in [-0.1, -0.05) is 37.2 Å². The summed E-state index contributed by atoms with van der Waals surface area (Å²) >= 11 is 7.45. The number of anilines is 1. The number of likely N-dealkylation sites (N-methyl/N-ethyl adjacent to an activating group) is 1. The molecule has 0 aliphatic carbocycles. The van der Waals surface area contributed by atoms with E-state index in [9.17, 15) is 4.79 Å². The van der Waals surface area contributed by atoms with Crippen LogP contribution in [0.1, 0.15) is 20.3 Å². The smallest absolute Gasteiger partial charge is 0.233 e. The summed E-state index contributed by atoms with van der Waals surface area (Å²) in [5.41, 5.74) is 0. The zero-order valence-corrected chi connectivity index (χ0v) is 16.2. The number of carbonyl (C=O) groups excluding carboxylic acids is 1. The molecular formula is C16H26ClN5OS. The van der Waals surface area contributed by atoms with Crippen molar-refractivity contribution in [2.75, 3.05) is 57.0 Å². The van der Waals surface area contributed by atoms with Gasteiger partial charge in [-0.25, -0.2) is 9.97 Å². The summed E-state index contributed by atoms with van der Waals surface area (Å²) in [5.74, 6) is 1.29. The fourth-order valence-electron chi connectivity index (χ4n) is 2.63. The highest BCUT2D eigenvalue weighted by Crippen LogP contribution is 2.22. The Balaban J connectivity index is 1.90. The molecule has 0 atom stereocenters. The molecule has 0 spiro atoms. The molecule has 24 heavy (non-hydrogen) atoms. The highest BCUT2D eigenvalue weighted by Gasteiger charge is 2.20. The fourth-order valence-corrected chi connectivity index (χ4v) is 3.61. The molecule has 0 bridgehead atoms. The van der Waals surface area contributed by atoms with Gasteiger partial charge in [0.25, 0.3) is 0 Å². The van der Waals surface area contributed by atoms with Gasteiger partial charge in [0.15, 0.2) is 5.16 Å². The molecule has 1 saturated heterocycles. The van der Waals surface area contributed by atoms with Gasteiger partial charge >= 0.3 is 0 Å². The van der Waals surface area contributed by atoms with Crippen LogP contribution >= 0.6 is 23.4 Å². The van der Waals surface area contributed by atoms with Gasteiger partial charge in [-0.3, -0.25) is 4.79 Å². The third-order valence-electron chi connectivity index (χ3n) is 4.11. The van der Waals surface area contributed by atoms with Crippen LogP contribution in [-0.2, 0) is 4.79 Å². The highest BCUT2D eigenvalue weighted by molar-refractivity contribution is 7.99. The van der Waals surface area contributed by atoms with Gasteiger partial charge in [0.1, 0.15) is 11.0 Å². The lowest BCUT2D eigenvalue weighted by atomic mass is 10.3. The van der Waals surface area contributed by atoms with Crippen LogP contribution in [0.4, 0.5) is 5.82 Å². The van der Waals surface area contributed by atoms with Gasteiger partial charge in [-0.2, -0.15) is 0 Å². The molecule has 6 nitrogen and oxygen atoms in total. The number of carbonyl (C=O) groups is 1. The Kier molecular flexibility index (Phi) is 7.58. The summed E-state index contributed by atoms with van der Waals surface area (Å²) in [6, 6.07) is 1.76. The van der Waals surface area contributed by atoms with E-state index in [1.54, 1.807) is 6.07 Å². The number of rotatable bonds is 7. The minimum Gasteiger partial charge on any atom is -0.360 e. The van der Waals surface area contributed by atoms with E-state index in [1.807, 2.05) is 16.8 Å². The Morgan fingerprint density at radius 2 is 2.00 bits per heavy atom. The van der Waals surface area contributed by atoms with Crippen molar-refractivity contribution >= 4 is 35.1 Å². The number of nitrogens with zero attached hydrogens (tertiary/aromatic N) is 5. The fraction of sp³-hybridized carbons (Fsp3) is 0.688. The van der Waals surface area contributed by atoms with Crippen molar-refractivity contribution in [1.82, 2.24) is 19.8 Å². The van der Waals surface area contributed by atoms with E-state index >= 15 is 0 Å². The first-order valence-electron chi connectivity index (χ1n) is 8.42. The maximum atomic E-state index is 12.4. The number of hydrogen-bond donors (Lipinski definition) is 0. The molecule has 0 saturated carbocycles. The van der Waals surface area contributed by atoms with Crippen LogP contribution in [0.3, 0.4) is 0 Å². The number of aromatic nitrogens is 2. The van der Waals surface area contributed by atoms with Crippen molar-refractivity contribution in [2.24, 2.45) is 0 Å². The second kappa shape index (κ2) is 9.44. The first-order chi connectivity index (χ1) is 11.5. The standard InChI is InChI=1S/C16H26ClN5OS/c1-4-6-20(3)14-11-13(17)18-16(19-14)24-12-15(23)22-9-7-21(5-2)8-10-22/h11H,4-10,12H2,1-3H3. The van der Waals surface area contributed by atoms with E-state index in [4.69, 9.17) is 11.6 Å². The molecule has 1 amide bonds.